The minimum Gasteiger partial charge on any atom is -0.356 e. The van der Waals surface area contributed by atoms with E-state index in [1.165, 1.54) is 24.5 Å². The quantitative estimate of drug-likeness (QED) is 0.359. The number of likely N-dealkylation sites (N-methyl/N-ethyl adjacent to an activating group) is 1. The molecule has 7 heteroatoms. The fourth-order valence-corrected chi connectivity index (χ4v) is 3.82. The van der Waals surface area contributed by atoms with E-state index in [2.05, 4.69) is 63.7 Å². The number of nitrogens with zero attached hydrogens (tertiary/aromatic N) is 3. The van der Waals surface area contributed by atoms with E-state index in [4.69, 9.17) is 0 Å². The molecule has 2 rings (SSSR count). The van der Waals surface area contributed by atoms with Crippen molar-refractivity contribution < 1.29 is 0 Å². The number of halogens is 1. The molecule has 1 saturated heterocycles. The number of hydrogen-bond donors (Lipinski definition) is 2. The lowest BCUT2D eigenvalue weighted by Crippen LogP contribution is -2.53. The van der Waals surface area contributed by atoms with Crippen LogP contribution in [0.5, 0.6) is 0 Å². The van der Waals surface area contributed by atoms with Crippen molar-refractivity contribution in [2.24, 2.45) is 4.99 Å². The lowest BCUT2D eigenvalue weighted by molar-refractivity contribution is 0.107. The molecule has 0 bridgehead atoms. The van der Waals surface area contributed by atoms with Crippen LogP contribution in [0, 0.1) is 0 Å². The molecule has 2 N–H and O–H groups in total. The summed E-state index contributed by atoms with van der Waals surface area (Å²) in [6.45, 7) is 14.5. The zero-order chi connectivity index (χ0) is 17.4. The molecule has 0 spiro atoms. The molecule has 0 aromatic carbocycles. The van der Waals surface area contributed by atoms with Crippen molar-refractivity contribution in [1.82, 2.24) is 20.4 Å². The Morgan fingerprint density at radius 1 is 1.20 bits per heavy atom. The Morgan fingerprint density at radius 2 is 1.88 bits per heavy atom. The highest BCUT2D eigenvalue weighted by Crippen LogP contribution is 2.19. The molecule has 1 fully saturated rings. The summed E-state index contributed by atoms with van der Waals surface area (Å²) >= 11 is 1.82. The van der Waals surface area contributed by atoms with Crippen LogP contribution in [0.3, 0.4) is 0 Å². The molecule has 2 atom stereocenters. The normalized spacial score (nSPS) is 19.1. The van der Waals surface area contributed by atoms with E-state index < -0.39 is 0 Å². The molecule has 0 aliphatic carbocycles. The smallest absolute Gasteiger partial charge is 0.191 e. The number of nitrogens with one attached hydrogen (secondary N) is 2. The van der Waals surface area contributed by atoms with Gasteiger partial charge in [-0.15, -0.1) is 35.3 Å². The van der Waals surface area contributed by atoms with Crippen molar-refractivity contribution in [2.75, 3.05) is 52.9 Å². The summed E-state index contributed by atoms with van der Waals surface area (Å²) in [5, 5.41) is 9.07. The third-order valence-electron chi connectivity index (χ3n) is 4.87. The van der Waals surface area contributed by atoms with Crippen LogP contribution < -0.4 is 10.6 Å². The van der Waals surface area contributed by atoms with Gasteiger partial charge in [0.05, 0.1) is 0 Å². The Hall–Kier alpha value is -0.380. The summed E-state index contributed by atoms with van der Waals surface area (Å²) in [5.41, 5.74) is 0. The van der Waals surface area contributed by atoms with E-state index in [1.807, 2.05) is 18.4 Å². The number of guanidine groups is 1. The topological polar surface area (TPSA) is 42.9 Å². The van der Waals surface area contributed by atoms with Crippen molar-refractivity contribution in [1.29, 1.82) is 0 Å². The van der Waals surface area contributed by atoms with Crippen molar-refractivity contribution in [3.8, 4) is 0 Å². The highest BCUT2D eigenvalue weighted by atomic mass is 127. The van der Waals surface area contributed by atoms with Crippen LogP contribution in [0.4, 0.5) is 0 Å². The molecule has 25 heavy (non-hydrogen) atoms. The van der Waals surface area contributed by atoms with Crippen LogP contribution in [0.15, 0.2) is 22.5 Å². The molecular weight excluding hydrogens is 445 g/mol. The molecule has 1 aliphatic heterocycles. The summed E-state index contributed by atoms with van der Waals surface area (Å²) < 4.78 is 0. The predicted molar refractivity (Wildman–Crippen MR) is 121 cm³/mol. The first-order valence-electron chi connectivity index (χ1n) is 9.08. The molecule has 2 unspecified atom stereocenters. The third kappa shape index (κ3) is 7.40. The van der Waals surface area contributed by atoms with E-state index >= 15 is 0 Å². The van der Waals surface area contributed by atoms with E-state index in [0.29, 0.717) is 12.0 Å². The Morgan fingerprint density at radius 3 is 2.44 bits per heavy atom. The third-order valence-corrected chi connectivity index (χ3v) is 5.97. The molecule has 5 nitrogen and oxygen atoms in total. The van der Waals surface area contributed by atoms with Crippen LogP contribution in [0.1, 0.15) is 31.6 Å². The zero-order valence-electron chi connectivity index (χ0n) is 16.0. The number of piperazine rings is 1. The zero-order valence-corrected chi connectivity index (χ0v) is 19.1. The first kappa shape index (κ1) is 22.7. The second-order valence-corrected chi connectivity index (χ2v) is 7.55. The summed E-state index contributed by atoms with van der Waals surface area (Å²) in [6.07, 6.45) is 0. The van der Waals surface area contributed by atoms with Gasteiger partial charge in [-0.3, -0.25) is 9.89 Å². The van der Waals surface area contributed by atoms with Crippen LogP contribution in [0.2, 0.25) is 0 Å². The second kappa shape index (κ2) is 12.1. The summed E-state index contributed by atoms with van der Waals surface area (Å²) in [4.78, 5) is 10.9. The van der Waals surface area contributed by atoms with Crippen molar-refractivity contribution in [2.45, 2.75) is 32.7 Å². The molecule has 2 heterocycles. The van der Waals surface area contributed by atoms with Crippen LogP contribution in [-0.2, 0) is 0 Å². The van der Waals surface area contributed by atoms with Gasteiger partial charge in [-0.2, -0.15) is 0 Å². The molecule has 1 aromatic rings. The van der Waals surface area contributed by atoms with Gasteiger partial charge in [0.2, 0.25) is 0 Å². The van der Waals surface area contributed by atoms with Crippen LogP contribution in [-0.4, -0.2) is 74.7 Å². The van der Waals surface area contributed by atoms with Gasteiger partial charge in [0, 0.05) is 63.2 Å². The highest BCUT2D eigenvalue weighted by molar-refractivity contribution is 14.0. The average molecular weight is 479 g/mol. The van der Waals surface area contributed by atoms with E-state index in [1.54, 1.807) is 0 Å². The SMILES string of the molecule is CCN1CCN(C(C)CNC(=NC)NCC(C)c2cccs2)CC1.I. The minimum atomic E-state index is 0. The number of rotatable bonds is 7. The largest absolute Gasteiger partial charge is 0.356 e. The predicted octanol–water partition coefficient (Wildman–Crippen LogP) is 2.66. The maximum absolute atomic E-state index is 4.35. The van der Waals surface area contributed by atoms with Gasteiger partial charge >= 0.3 is 0 Å². The standard InChI is InChI=1S/C18H33N5S.HI/c1-5-22-8-10-23(11-9-22)16(3)14-21-18(19-4)20-13-15(2)17-7-6-12-24-17;/h6-7,12,15-16H,5,8-11,13-14H2,1-4H3,(H2,19,20,21);1H. The maximum atomic E-state index is 4.35. The molecular formula is C18H34IN5S. The van der Waals surface area contributed by atoms with E-state index in [-0.39, 0.29) is 24.0 Å². The summed E-state index contributed by atoms with van der Waals surface area (Å²) in [7, 11) is 1.84. The van der Waals surface area contributed by atoms with Crippen LogP contribution >= 0.6 is 35.3 Å². The number of hydrogen-bond acceptors (Lipinski definition) is 4. The van der Waals surface area contributed by atoms with E-state index in [0.717, 1.165) is 32.1 Å². The van der Waals surface area contributed by atoms with Gasteiger partial charge in [-0.05, 0) is 24.9 Å². The van der Waals surface area contributed by atoms with Crippen molar-refractivity contribution in [3.63, 3.8) is 0 Å². The summed E-state index contributed by atoms with van der Waals surface area (Å²) in [6, 6.07) is 4.84. The Kier molecular flexibility index (Phi) is 11.0. The summed E-state index contributed by atoms with van der Waals surface area (Å²) in [5.74, 6) is 1.40. The molecule has 1 aromatic heterocycles. The second-order valence-electron chi connectivity index (χ2n) is 6.57. The molecule has 0 radical (unpaired) electrons. The fourth-order valence-electron chi connectivity index (χ4n) is 3.04. The van der Waals surface area contributed by atoms with Gasteiger partial charge in [-0.1, -0.05) is 19.9 Å². The monoisotopic (exact) mass is 479 g/mol. The molecule has 1 aliphatic rings. The first-order valence-corrected chi connectivity index (χ1v) is 9.96. The Labute approximate surface area is 174 Å². The number of aliphatic imine (C=N–C) groups is 1. The lowest BCUT2D eigenvalue weighted by atomic mass is 10.1. The van der Waals surface area contributed by atoms with Crippen molar-refractivity contribution >= 4 is 41.3 Å². The van der Waals surface area contributed by atoms with Gasteiger partial charge in [0.1, 0.15) is 0 Å². The molecule has 0 amide bonds. The van der Waals surface area contributed by atoms with Crippen molar-refractivity contribution in [3.05, 3.63) is 22.4 Å². The van der Waals surface area contributed by atoms with Gasteiger partial charge in [-0.25, -0.2) is 0 Å². The Bertz CT molecular complexity index is 486. The van der Waals surface area contributed by atoms with Gasteiger partial charge in [0.25, 0.3) is 0 Å². The van der Waals surface area contributed by atoms with E-state index in [9.17, 15) is 0 Å². The van der Waals surface area contributed by atoms with Gasteiger partial charge < -0.3 is 15.5 Å². The van der Waals surface area contributed by atoms with Gasteiger partial charge in [0.15, 0.2) is 5.96 Å². The number of thiophene rings is 1. The fraction of sp³-hybridized carbons (Fsp3) is 0.722. The molecule has 144 valence electrons. The molecule has 0 saturated carbocycles. The highest BCUT2D eigenvalue weighted by Gasteiger charge is 2.20. The first-order chi connectivity index (χ1) is 11.6. The lowest BCUT2D eigenvalue weighted by Gasteiger charge is -2.37. The average Bonchev–Trinajstić information content (AvgIpc) is 3.16. The van der Waals surface area contributed by atoms with Crippen LogP contribution in [0.25, 0.3) is 0 Å². The Balaban J connectivity index is 0.00000312. The minimum absolute atomic E-state index is 0. The maximum Gasteiger partial charge on any atom is 0.191 e.